The molecule has 0 amide bonds. The van der Waals surface area contributed by atoms with Crippen LogP contribution in [-0.4, -0.2) is 30.7 Å². The lowest BCUT2D eigenvalue weighted by Gasteiger charge is -2.06. The summed E-state index contributed by atoms with van der Waals surface area (Å²) in [6.07, 6.45) is 8.07. The predicted octanol–water partition coefficient (Wildman–Crippen LogP) is -0.362. The highest BCUT2D eigenvalue weighted by atomic mass is 28.2. The minimum absolute atomic E-state index is 0.325. The summed E-state index contributed by atoms with van der Waals surface area (Å²) in [6.45, 7) is -1.16. The van der Waals surface area contributed by atoms with Crippen molar-refractivity contribution in [2.75, 3.05) is 0 Å². The summed E-state index contributed by atoms with van der Waals surface area (Å²) in [4.78, 5) is 0. The van der Waals surface area contributed by atoms with Gasteiger partial charge in [0, 0.05) is 5.92 Å². The molecule has 4 heteroatoms. The van der Waals surface area contributed by atoms with Gasteiger partial charge in [0.05, 0.1) is 8.28 Å². The Morgan fingerprint density at radius 3 is 2.83 bits per heavy atom. The van der Waals surface area contributed by atoms with Gasteiger partial charge in [-0.25, -0.2) is 0 Å². The lowest BCUT2D eigenvalue weighted by molar-refractivity contribution is 0.434. The van der Waals surface area contributed by atoms with Gasteiger partial charge in [-0.05, 0) is 5.57 Å². The minimum atomic E-state index is -1.19. The van der Waals surface area contributed by atoms with Crippen LogP contribution in [-0.2, 0) is 0 Å². The maximum atomic E-state index is 8.98. The normalized spacial score (nSPS) is 25.0. The zero-order valence-electron chi connectivity index (χ0n) is 6.51. The summed E-state index contributed by atoms with van der Waals surface area (Å²) >= 11 is 0. The van der Waals surface area contributed by atoms with Crippen LogP contribution in [0.15, 0.2) is 35.6 Å². The third kappa shape index (κ3) is 1.29. The average Bonchev–Trinajstić information content (AvgIpc) is 2.46. The molecule has 0 aromatic heterocycles. The van der Waals surface area contributed by atoms with Crippen molar-refractivity contribution in [3.8, 4) is 0 Å². The molecule has 0 aromatic carbocycles. The highest BCUT2D eigenvalue weighted by Crippen LogP contribution is 2.20. The summed E-state index contributed by atoms with van der Waals surface area (Å²) in [7, 11) is -1.19. The van der Waals surface area contributed by atoms with Crippen molar-refractivity contribution in [1.82, 2.24) is 0 Å². The van der Waals surface area contributed by atoms with Crippen molar-refractivity contribution < 1.29 is 10.0 Å². The molecule has 0 saturated heterocycles. The smallest absolute Gasteiger partial charge is 0.427 e. The summed E-state index contributed by atoms with van der Waals surface area (Å²) in [5.41, 5.74) is 5.25. The van der Waals surface area contributed by atoms with Gasteiger partial charge in [0.15, 0.2) is 0 Å². The van der Waals surface area contributed by atoms with Gasteiger partial charge in [-0.1, -0.05) is 35.7 Å². The first-order chi connectivity index (χ1) is 5.77. The molecule has 0 spiro atoms. The second-order valence-corrected chi connectivity index (χ2v) is 5.09. The van der Waals surface area contributed by atoms with Crippen LogP contribution >= 0.6 is 0 Å². The highest BCUT2D eigenvalue weighted by molar-refractivity contribution is 7.20. The Balaban J connectivity index is 2.29. The molecule has 0 saturated carbocycles. The van der Waals surface area contributed by atoms with E-state index in [1.165, 1.54) is 5.57 Å². The molecule has 1 aliphatic carbocycles. The Bertz CT molecular complexity index is 315. The van der Waals surface area contributed by atoms with Gasteiger partial charge in [0.25, 0.3) is 0 Å². The number of fused-ring (bicyclic) bond motifs is 1. The van der Waals surface area contributed by atoms with Crippen molar-refractivity contribution in [2.45, 2.75) is 0 Å². The monoisotopic (exact) mass is 176 g/mol. The van der Waals surface area contributed by atoms with Crippen LogP contribution in [0.1, 0.15) is 0 Å². The van der Waals surface area contributed by atoms with Crippen LogP contribution in [0.5, 0.6) is 0 Å². The van der Waals surface area contributed by atoms with E-state index in [1.54, 1.807) is 0 Å². The first kappa shape index (κ1) is 7.92. The third-order valence-electron chi connectivity index (χ3n) is 2.11. The van der Waals surface area contributed by atoms with Crippen molar-refractivity contribution in [3.05, 3.63) is 35.6 Å². The summed E-state index contributed by atoms with van der Waals surface area (Å²) in [5, 5.41) is 18.0. The fourth-order valence-corrected chi connectivity index (χ4v) is 3.29. The topological polar surface area (TPSA) is 40.5 Å². The van der Waals surface area contributed by atoms with Crippen molar-refractivity contribution in [3.63, 3.8) is 0 Å². The van der Waals surface area contributed by atoms with Crippen LogP contribution in [0.2, 0.25) is 0 Å². The first-order valence-corrected chi connectivity index (χ1v) is 5.65. The molecule has 2 aliphatic rings. The Labute approximate surface area is 72.9 Å². The zero-order valence-corrected chi connectivity index (χ0v) is 7.51. The highest BCUT2D eigenvalue weighted by Gasteiger charge is 2.23. The van der Waals surface area contributed by atoms with Crippen molar-refractivity contribution >= 4 is 20.7 Å². The van der Waals surface area contributed by atoms with Gasteiger partial charge in [-0.15, -0.1) is 0 Å². The molecule has 60 valence electrons. The van der Waals surface area contributed by atoms with Crippen molar-refractivity contribution in [2.24, 2.45) is 5.92 Å². The van der Waals surface area contributed by atoms with Gasteiger partial charge in [-0.2, -0.15) is 0 Å². The van der Waals surface area contributed by atoms with Gasteiger partial charge in [0.1, 0.15) is 0 Å². The summed E-state index contributed by atoms with van der Waals surface area (Å²) in [6, 6.07) is 0. The predicted molar refractivity (Wildman–Crippen MR) is 51.9 cm³/mol. The summed E-state index contributed by atoms with van der Waals surface area (Å²) in [5.74, 6) is 0.325. The molecule has 0 bridgehead atoms. The number of hydrogen-bond donors (Lipinski definition) is 2. The molecule has 1 aliphatic heterocycles. The minimum Gasteiger partial charge on any atom is -0.427 e. The van der Waals surface area contributed by atoms with Gasteiger partial charge >= 0.3 is 6.71 Å². The maximum Gasteiger partial charge on any atom is 0.452 e. The standard InChI is InChI=1S/C8H9BO2Si/c10-9(11)12-5-7-3-1-2-4-8(7)6-12/h1-7,10-11H. The molecule has 1 heterocycles. The van der Waals surface area contributed by atoms with E-state index in [4.69, 9.17) is 10.0 Å². The number of allylic oxidation sites excluding steroid dienone is 5. The second-order valence-electron chi connectivity index (χ2n) is 2.95. The van der Waals surface area contributed by atoms with E-state index >= 15 is 0 Å². The summed E-state index contributed by atoms with van der Waals surface area (Å²) < 4.78 is 0. The molecular weight excluding hydrogens is 167 g/mol. The Morgan fingerprint density at radius 1 is 1.33 bits per heavy atom. The van der Waals surface area contributed by atoms with E-state index in [-0.39, 0.29) is 0 Å². The molecule has 1 atom stereocenters. The second kappa shape index (κ2) is 2.97. The Kier molecular flexibility index (Phi) is 1.96. The van der Waals surface area contributed by atoms with E-state index in [1.807, 2.05) is 29.6 Å². The van der Waals surface area contributed by atoms with Gasteiger partial charge < -0.3 is 10.0 Å². The number of rotatable bonds is 1. The maximum absolute atomic E-state index is 8.98. The molecule has 2 nitrogen and oxygen atoms in total. The quantitative estimate of drug-likeness (QED) is 0.535. The van der Waals surface area contributed by atoms with Crippen LogP contribution in [0.4, 0.5) is 0 Å². The van der Waals surface area contributed by atoms with Crippen LogP contribution in [0.25, 0.3) is 0 Å². The Hall–Kier alpha value is -0.708. The molecule has 2 rings (SSSR count). The van der Waals surface area contributed by atoms with E-state index in [0.717, 1.165) is 0 Å². The molecular formula is C8H9BO2Si. The first-order valence-electron chi connectivity index (χ1n) is 3.92. The lowest BCUT2D eigenvalue weighted by Crippen LogP contribution is -2.27. The SMILES string of the molecule is OB(O)[Si]1=CC2C=CC=CC2=C1. The van der Waals surface area contributed by atoms with E-state index in [9.17, 15) is 0 Å². The van der Waals surface area contributed by atoms with Crippen LogP contribution < -0.4 is 0 Å². The van der Waals surface area contributed by atoms with E-state index < -0.39 is 15.0 Å². The molecule has 0 radical (unpaired) electrons. The van der Waals surface area contributed by atoms with Gasteiger partial charge in [0.2, 0.25) is 0 Å². The fraction of sp³-hybridized carbons (Fsp3) is 0.125. The van der Waals surface area contributed by atoms with Crippen LogP contribution in [0, 0.1) is 5.92 Å². The van der Waals surface area contributed by atoms with Gasteiger partial charge in [-0.3, -0.25) is 0 Å². The molecule has 12 heavy (non-hydrogen) atoms. The van der Waals surface area contributed by atoms with E-state index in [2.05, 4.69) is 6.08 Å². The molecule has 0 aromatic rings. The van der Waals surface area contributed by atoms with Crippen molar-refractivity contribution in [1.29, 1.82) is 0 Å². The largest absolute Gasteiger partial charge is 0.452 e. The third-order valence-corrected chi connectivity index (χ3v) is 4.11. The molecule has 1 unspecified atom stereocenters. The fourth-order valence-electron chi connectivity index (χ4n) is 1.48. The molecule has 0 fully saturated rings. The van der Waals surface area contributed by atoms with E-state index in [0.29, 0.717) is 5.92 Å². The number of hydrogen-bond acceptors (Lipinski definition) is 2. The average molecular weight is 176 g/mol. The molecule has 2 N–H and O–H groups in total. The zero-order chi connectivity index (χ0) is 8.55. The lowest BCUT2D eigenvalue weighted by atomic mass is 9.99. The Morgan fingerprint density at radius 2 is 2.17 bits per heavy atom. The van der Waals surface area contributed by atoms with Crippen LogP contribution in [0.3, 0.4) is 0 Å².